The van der Waals surface area contributed by atoms with Crippen LogP contribution in [0.5, 0.6) is 0 Å². The van der Waals surface area contributed by atoms with Crippen LogP contribution in [-0.4, -0.2) is 12.3 Å². The lowest BCUT2D eigenvalue weighted by Gasteiger charge is -2.23. The minimum absolute atomic E-state index is 0.105. The first kappa shape index (κ1) is 11.2. The van der Waals surface area contributed by atoms with Crippen LogP contribution < -0.4 is 0 Å². The summed E-state index contributed by atoms with van der Waals surface area (Å²) in [6, 6.07) is 0. The Bertz CT molecular complexity index is 308. The second-order valence-electron chi connectivity index (χ2n) is 3.24. The molecular weight excluding hydrogens is 203 g/mol. The molecular formula is C9H9F5. The predicted octanol–water partition coefficient (Wildman–Crippen LogP) is 3.85. The standard InChI is InChI=1S/C9H9F5/c1-4-5(2)8(9(12,13)14)7(11)3-6(4)10/h7H,3H2,1-2H3. The molecule has 1 unspecified atom stereocenters. The van der Waals surface area contributed by atoms with Gasteiger partial charge in [-0.25, -0.2) is 8.78 Å². The monoisotopic (exact) mass is 212 g/mol. The highest BCUT2D eigenvalue weighted by Crippen LogP contribution is 2.41. The van der Waals surface area contributed by atoms with Crippen molar-refractivity contribution in [2.45, 2.75) is 32.6 Å². The summed E-state index contributed by atoms with van der Waals surface area (Å²) < 4.78 is 62.7. The van der Waals surface area contributed by atoms with Gasteiger partial charge < -0.3 is 0 Å². The highest BCUT2D eigenvalue weighted by Gasteiger charge is 2.43. The number of rotatable bonds is 0. The van der Waals surface area contributed by atoms with E-state index in [4.69, 9.17) is 0 Å². The Morgan fingerprint density at radius 3 is 2.07 bits per heavy atom. The van der Waals surface area contributed by atoms with Gasteiger partial charge >= 0.3 is 6.18 Å². The second kappa shape index (κ2) is 3.37. The van der Waals surface area contributed by atoms with Gasteiger partial charge in [0.15, 0.2) is 0 Å². The molecule has 1 atom stereocenters. The number of halogens is 5. The van der Waals surface area contributed by atoms with Crippen LogP contribution >= 0.6 is 0 Å². The molecule has 0 fully saturated rings. The molecule has 0 aromatic rings. The topological polar surface area (TPSA) is 0 Å². The lowest BCUT2D eigenvalue weighted by atomic mass is 9.90. The summed E-state index contributed by atoms with van der Waals surface area (Å²) in [5.74, 6) is -0.803. The summed E-state index contributed by atoms with van der Waals surface area (Å²) in [7, 11) is 0. The highest BCUT2D eigenvalue weighted by atomic mass is 19.4. The molecule has 0 radical (unpaired) electrons. The van der Waals surface area contributed by atoms with Gasteiger partial charge in [-0.1, -0.05) is 0 Å². The molecule has 1 aliphatic carbocycles. The first-order valence-corrected chi connectivity index (χ1v) is 4.02. The summed E-state index contributed by atoms with van der Waals surface area (Å²) in [5.41, 5.74) is -1.70. The van der Waals surface area contributed by atoms with Crippen LogP contribution in [0.3, 0.4) is 0 Å². The molecule has 0 N–H and O–H groups in total. The van der Waals surface area contributed by atoms with E-state index in [0.717, 1.165) is 6.92 Å². The largest absolute Gasteiger partial charge is 0.415 e. The number of alkyl halides is 4. The normalized spacial score (nSPS) is 24.6. The van der Waals surface area contributed by atoms with E-state index in [1.54, 1.807) is 0 Å². The molecule has 0 aromatic heterocycles. The molecule has 0 saturated carbocycles. The molecule has 0 amide bonds. The van der Waals surface area contributed by atoms with Gasteiger partial charge in [0.1, 0.15) is 12.0 Å². The average molecular weight is 212 g/mol. The van der Waals surface area contributed by atoms with Crippen LogP contribution in [0.2, 0.25) is 0 Å². The fraction of sp³-hybridized carbons (Fsp3) is 0.556. The third kappa shape index (κ3) is 1.81. The molecule has 0 heterocycles. The first-order chi connectivity index (χ1) is 6.25. The molecule has 0 aliphatic heterocycles. The minimum atomic E-state index is -4.72. The molecule has 80 valence electrons. The Balaban J connectivity index is 3.26. The van der Waals surface area contributed by atoms with Crippen LogP contribution in [0.1, 0.15) is 20.3 Å². The molecule has 0 spiro atoms. The Morgan fingerprint density at radius 1 is 1.14 bits per heavy atom. The zero-order valence-corrected chi connectivity index (χ0v) is 7.67. The summed E-state index contributed by atoms with van der Waals surface area (Å²) >= 11 is 0. The van der Waals surface area contributed by atoms with Crippen LogP contribution in [0, 0.1) is 0 Å². The van der Waals surface area contributed by atoms with E-state index in [1.807, 2.05) is 0 Å². The van der Waals surface area contributed by atoms with Gasteiger partial charge in [-0.05, 0) is 25.0 Å². The van der Waals surface area contributed by atoms with E-state index >= 15 is 0 Å². The molecule has 0 aromatic carbocycles. The zero-order valence-electron chi connectivity index (χ0n) is 7.67. The van der Waals surface area contributed by atoms with Gasteiger partial charge in [0.25, 0.3) is 0 Å². The van der Waals surface area contributed by atoms with Gasteiger partial charge in [-0.2, -0.15) is 13.2 Å². The van der Waals surface area contributed by atoms with Crippen molar-refractivity contribution in [2.24, 2.45) is 0 Å². The fourth-order valence-electron chi connectivity index (χ4n) is 1.44. The maximum absolute atomic E-state index is 13.0. The van der Waals surface area contributed by atoms with Crippen molar-refractivity contribution in [1.29, 1.82) is 0 Å². The Hall–Kier alpha value is -0.870. The number of allylic oxidation sites excluding steroid dienone is 4. The molecule has 0 nitrogen and oxygen atoms in total. The van der Waals surface area contributed by atoms with Crippen LogP contribution in [-0.2, 0) is 0 Å². The van der Waals surface area contributed by atoms with Gasteiger partial charge in [0.05, 0.1) is 5.57 Å². The molecule has 14 heavy (non-hydrogen) atoms. The molecule has 0 saturated heterocycles. The third-order valence-electron chi connectivity index (χ3n) is 2.35. The van der Waals surface area contributed by atoms with E-state index in [1.165, 1.54) is 6.92 Å². The predicted molar refractivity (Wildman–Crippen MR) is 42.1 cm³/mol. The maximum Gasteiger partial charge on any atom is 0.415 e. The van der Waals surface area contributed by atoms with Crippen molar-refractivity contribution < 1.29 is 22.0 Å². The maximum atomic E-state index is 13.0. The van der Waals surface area contributed by atoms with Gasteiger partial charge in [0.2, 0.25) is 0 Å². The van der Waals surface area contributed by atoms with E-state index in [9.17, 15) is 22.0 Å². The van der Waals surface area contributed by atoms with Crippen molar-refractivity contribution in [3.63, 3.8) is 0 Å². The highest BCUT2D eigenvalue weighted by molar-refractivity contribution is 5.42. The van der Waals surface area contributed by atoms with Crippen molar-refractivity contribution in [3.8, 4) is 0 Å². The number of hydrogen-bond acceptors (Lipinski definition) is 0. The smallest absolute Gasteiger partial charge is 0.242 e. The average Bonchev–Trinajstić information content (AvgIpc) is 1.97. The summed E-state index contributed by atoms with van der Waals surface area (Å²) in [5, 5.41) is 0. The van der Waals surface area contributed by atoms with E-state index < -0.39 is 30.2 Å². The molecule has 0 bridgehead atoms. The van der Waals surface area contributed by atoms with Crippen molar-refractivity contribution in [1.82, 2.24) is 0 Å². The Labute approximate surface area is 78.1 Å². The quantitative estimate of drug-likeness (QED) is 0.535. The van der Waals surface area contributed by atoms with E-state index in [2.05, 4.69) is 0 Å². The lowest BCUT2D eigenvalue weighted by Crippen LogP contribution is -2.26. The lowest BCUT2D eigenvalue weighted by molar-refractivity contribution is -0.102. The van der Waals surface area contributed by atoms with Crippen LogP contribution in [0.4, 0.5) is 22.0 Å². The Morgan fingerprint density at radius 2 is 1.64 bits per heavy atom. The van der Waals surface area contributed by atoms with Gasteiger partial charge in [-0.15, -0.1) is 0 Å². The van der Waals surface area contributed by atoms with E-state index in [0.29, 0.717) is 0 Å². The minimum Gasteiger partial charge on any atom is -0.242 e. The molecule has 1 rings (SSSR count). The van der Waals surface area contributed by atoms with Gasteiger partial charge in [0, 0.05) is 6.42 Å². The summed E-state index contributed by atoms with van der Waals surface area (Å²) in [4.78, 5) is 0. The van der Waals surface area contributed by atoms with Crippen LogP contribution in [0.15, 0.2) is 22.5 Å². The van der Waals surface area contributed by atoms with Crippen molar-refractivity contribution >= 4 is 0 Å². The van der Waals surface area contributed by atoms with Gasteiger partial charge in [-0.3, -0.25) is 0 Å². The van der Waals surface area contributed by atoms with Crippen molar-refractivity contribution in [3.05, 3.63) is 22.5 Å². The SMILES string of the molecule is CC1=C(F)CC(F)C(C(F)(F)F)=C1C. The molecule has 5 heteroatoms. The third-order valence-corrected chi connectivity index (χ3v) is 2.35. The fourth-order valence-corrected chi connectivity index (χ4v) is 1.44. The van der Waals surface area contributed by atoms with E-state index in [-0.39, 0.29) is 11.1 Å². The second-order valence-corrected chi connectivity index (χ2v) is 3.24. The van der Waals surface area contributed by atoms with Crippen LogP contribution in [0.25, 0.3) is 0 Å². The summed E-state index contributed by atoms with van der Waals surface area (Å²) in [6.45, 7) is 2.31. The Kier molecular flexibility index (Phi) is 2.69. The zero-order chi connectivity index (χ0) is 11.1. The molecule has 1 aliphatic rings. The van der Waals surface area contributed by atoms with Crippen molar-refractivity contribution in [2.75, 3.05) is 0 Å². The number of hydrogen-bond donors (Lipinski definition) is 0. The summed E-state index contributed by atoms with van der Waals surface area (Å²) in [6.07, 6.45) is -7.80. The first-order valence-electron chi connectivity index (χ1n) is 4.02.